The van der Waals surface area contributed by atoms with Crippen molar-refractivity contribution in [1.82, 2.24) is 0 Å². The molecule has 0 aliphatic heterocycles. The minimum atomic E-state index is -0.538. The van der Waals surface area contributed by atoms with Gasteiger partial charge in [0.1, 0.15) is 5.75 Å². The van der Waals surface area contributed by atoms with Crippen molar-refractivity contribution in [2.24, 2.45) is 5.73 Å². The van der Waals surface area contributed by atoms with Crippen LogP contribution in [0.4, 0.5) is 5.69 Å². The topological polar surface area (TPSA) is 78.4 Å². The Kier molecular flexibility index (Phi) is 4.44. The highest BCUT2D eigenvalue weighted by Gasteiger charge is 2.17. The first-order valence-corrected chi connectivity index (χ1v) is 6.37. The molecule has 0 heterocycles. The molecule has 2 aromatic rings. The molecule has 0 bridgehead atoms. The molecule has 2 rings (SSSR count). The van der Waals surface area contributed by atoms with Gasteiger partial charge in [-0.25, -0.2) is 0 Å². The third-order valence-corrected chi connectivity index (χ3v) is 3.05. The Morgan fingerprint density at radius 3 is 2.40 bits per heavy atom. The molecular formula is C13H10Cl2N2O3. The minimum absolute atomic E-state index is 0.0551. The number of nitro benzene ring substituents is 1. The summed E-state index contributed by atoms with van der Waals surface area (Å²) in [5.74, 6) is 0.460. The second kappa shape index (κ2) is 6.09. The van der Waals surface area contributed by atoms with Gasteiger partial charge in [0.15, 0.2) is 0 Å². The van der Waals surface area contributed by atoms with Crippen molar-refractivity contribution in [3.63, 3.8) is 0 Å². The average Bonchev–Trinajstić information content (AvgIpc) is 2.40. The zero-order chi connectivity index (χ0) is 14.7. The summed E-state index contributed by atoms with van der Waals surface area (Å²) in [6.45, 7) is 0.199. The fourth-order valence-corrected chi connectivity index (χ4v) is 2.00. The molecule has 0 saturated heterocycles. The number of rotatable bonds is 4. The number of halogens is 2. The Hall–Kier alpha value is -1.82. The molecule has 5 nitrogen and oxygen atoms in total. The molecule has 0 radical (unpaired) electrons. The quantitative estimate of drug-likeness (QED) is 0.679. The Bertz CT molecular complexity index is 662. The van der Waals surface area contributed by atoms with E-state index in [1.165, 1.54) is 18.2 Å². The van der Waals surface area contributed by atoms with Gasteiger partial charge in [-0.3, -0.25) is 10.1 Å². The number of benzene rings is 2. The van der Waals surface area contributed by atoms with Crippen molar-refractivity contribution in [3.8, 4) is 11.5 Å². The van der Waals surface area contributed by atoms with Gasteiger partial charge in [0.2, 0.25) is 5.75 Å². The third-order valence-electron chi connectivity index (χ3n) is 2.58. The second-order valence-electron chi connectivity index (χ2n) is 3.93. The second-order valence-corrected chi connectivity index (χ2v) is 4.80. The molecule has 2 N–H and O–H groups in total. The van der Waals surface area contributed by atoms with Crippen LogP contribution in [0.3, 0.4) is 0 Å². The Morgan fingerprint density at radius 1 is 1.10 bits per heavy atom. The predicted molar refractivity (Wildman–Crippen MR) is 77.5 cm³/mol. The minimum Gasteiger partial charge on any atom is -0.450 e. The van der Waals surface area contributed by atoms with E-state index in [0.29, 0.717) is 21.4 Å². The zero-order valence-corrected chi connectivity index (χ0v) is 11.7. The van der Waals surface area contributed by atoms with Crippen molar-refractivity contribution in [3.05, 3.63) is 62.1 Å². The van der Waals surface area contributed by atoms with Crippen molar-refractivity contribution in [1.29, 1.82) is 0 Å². The summed E-state index contributed by atoms with van der Waals surface area (Å²) in [5, 5.41) is 11.8. The molecule has 0 saturated carbocycles. The van der Waals surface area contributed by atoms with Gasteiger partial charge in [-0.1, -0.05) is 23.2 Å². The van der Waals surface area contributed by atoms with E-state index in [1.54, 1.807) is 18.2 Å². The van der Waals surface area contributed by atoms with Crippen LogP contribution >= 0.6 is 23.2 Å². The van der Waals surface area contributed by atoms with E-state index in [2.05, 4.69) is 0 Å². The lowest BCUT2D eigenvalue weighted by Gasteiger charge is -2.10. The molecule has 104 valence electrons. The van der Waals surface area contributed by atoms with Gasteiger partial charge in [-0.05, 0) is 24.3 Å². The number of nitro groups is 1. The summed E-state index contributed by atoms with van der Waals surface area (Å²) >= 11 is 11.7. The molecule has 0 amide bonds. The van der Waals surface area contributed by atoms with Gasteiger partial charge in [-0.2, -0.15) is 0 Å². The van der Waals surface area contributed by atoms with Crippen molar-refractivity contribution >= 4 is 28.9 Å². The number of nitrogens with two attached hydrogens (primary N) is 1. The highest BCUT2D eigenvalue weighted by molar-refractivity contribution is 6.31. The van der Waals surface area contributed by atoms with E-state index in [9.17, 15) is 10.1 Å². The van der Waals surface area contributed by atoms with E-state index < -0.39 is 4.92 Å². The average molecular weight is 313 g/mol. The fraction of sp³-hybridized carbons (Fsp3) is 0.0769. The normalized spacial score (nSPS) is 10.3. The van der Waals surface area contributed by atoms with E-state index in [1.807, 2.05) is 0 Å². The molecule has 0 fully saturated rings. The smallest absolute Gasteiger partial charge is 0.311 e. The molecule has 0 atom stereocenters. The molecule has 20 heavy (non-hydrogen) atoms. The number of ether oxygens (including phenoxy) is 1. The number of hydrogen-bond donors (Lipinski definition) is 1. The highest BCUT2D eigenvalue weighted by atomic mass is 35.5. The van der Waals surface area contributed by atoms with Crippen LogP contribution in [-0.2, 0) is 6.54 Å². The van der Waals surface area contributed by atoms with Gasteiger partial charge in [0.05, 0.1) is 4.92 Å². The summed E-state index contributed by atoms with van der Waals surface area (Å²) in [7, 11) is 0. The third kappa shape index (κ3) is 3.19. The van der Waals surface area contributed by atoms with Crippen LogP contribution in [0, 0.1) is 10.1 Å². The van der Waals surface area contributed by atoms with Crippen LogP contribution in [0.15, 0.2) is 36.4 Å². The molecule has 0 aliphatic rings. The number of hydrogen-bond acceptors (Lipinski definition) is 4. The molecule has 7 heteroatoms. The van der Waals surface area contributed by atoms with Gasteiger partial charge in [-0.15, -0.1) is 0 Å². The first kappa shape index (κ1) is 14.6. The molecule has 0 aromatic heterocycles. The van der Waals surface area contributed by atoms with E-state index >= 15 is 0 Å². The van der Waals surface area contributed by atoms with Gasteiger partial charge in [0.25, 0.3) is 0 Å². The van der Waals surface area contributed by atoms with Crippen LogP contribution < -0.4 is 10.5 Å². The molecule has 0 unspecified atom stereocenters. The van der Waals surface area contributed by atoms with Crippen molar-refractivity contribution in [2.45, 2.75) is 6.54 Å². The lowest BCUT2D eigenvalue weighted by atomic mass is 10.2. The van der Waals surface area contributed by atoms with Crippen LogP contribution in [0.25, 0.3) is 0 Å². The highest BCUT2D eigenvalue weighted by Crippen LogP contribution is 2.35. The monoisotopic (exact) mass is 312 g/mol. The summed E-state index contributed by atoms with van der Waals surface area (Å²) in [6.07, 6.45) is 0. The maximum atomic E-state index is 11.0. The van der Waals surface area contributed by atoms with Crippen LogP contribution in [0.5, 0.6) is 11.5 Å². The lowest BCUT2D eigenvalue weighted by molar-refractivity contribution is -0.385. The fourth-order valence-electron chi connectivity index (χ4n) is 1.65. The largest absolute Gasteiger partial charge is 0.450 e. The Labute approximate surface area is 125 Å². The van der Waals surface area contributed by atoms with Crippen molar-refractivity contribution < 1.29 is 9.66 Å². The molecule has 2 aromatic carbocycles. The molecule has 0 aliphatic carbocycles. The van der Waals surface area contributed by atoms with Crippen LogP contribution in [-0.4, -0.2) is 4.92 Å². The first-order valence-electron chi connectivity index (χ1n) is 5.61. The van der Waals surface area contributed by atoms with Crippen LogP contribution in [0.2, 0.25) is 10.0 Å². The SMILES string of the molecule is NCc1cc(Cl)ccc1Oc1cc(Cl)ccc1[N+](=O)[O-]. The lowest BCUT2D eigenvalue weighted by Crippen LogP contribution is -2.00. The maximum Gasteiger partial charge on any atom is 0.311 e. The molecule has 0 spiro atoms. The summed E-state index contributed by atoms with van der Waals surface area (Å²) in [6, 6.07) is 8.97. The van der Waals surface area contributed by atoms with Crippen molar-refractivity contribution in [2.75, 3.05) is 0 Å². The standard InChI is InChI=1S/C13H10Cl2N2O3/c14-9-2-4-12(8(5-9)7-16)20-13-6-10(15)1-3-11(13)17(18)19/h1-6H,7,16H2. The van der Waals surface area contributed by atoms with Crippen LogP contribution in [0.1, 0.15) is 5.56 Å². The van der Waals surface area contributed by atoms with E-state index in [-0.39, 0.29) is 18.0 Å². The predicted octanol–water partition coefficient (Wildman–Crippen LogP) is 4.15. The van der Waals surface area contributed by atoms with Gasteiger partial charge >= 0.3 is 5.69 Å². The van der Waals surface area contributed by atoms with Gasteiger partial charge < -0.3 is 10.5 Å². The first-order chi connectivity index (χ1) is 9.51. The number of nitrogens with zero attached hydrogens (tertiary/aromatic N) is 1. The molecular weight excluding hydrogens is 303 g/mol. The van der Waals surface area contributed by atoms with Gasteiger partial charge in [0, 0.05) is 34.3 Å². The van der Waals surface area contributed by atoms with E-state index in [0.717, 1.165) is 0 Å². The Balaban J connectivity index is 2.44. The Morgan fingerprint density at radius 2 is 1.75 bits per heavy atom. The maximum absolute atomic E-state index is 11.0. The summed E-state index contributed by atoms with van der Waals surface area (Å²) < 4.78 is 5.56. The zero-order valence-electron chi connectivity index (χ0n) is 10.2. The summed E-state index contributed by atoms with van der Waals surface area (Å²) in [5.41, 5.74) is 6.07. The van der Waals surface area contributed by atoms with E-state index in [4.69, 9.17) is 33.7 Å². The summed E-state index contributed by atoms with van der Waals surface area (Å²) in [4.78, 5) is 10.4.